The van der Waals surface area contributed by atoms with Crippen LogP contribution in [0.3, 0.4) is 0 Å². The van der Waals surface area contributed by atoms with Crippen molar-refractivity contribution < 1.29 is 18.0 Å². The molecular weight excluding hydrogens is 595 g/mol. The third-order valence-corrected chi connectivity index (χ3v) is 9.70. The van der Waals surface area contributed by atoms with Gasteiger partial charge in [0.15, 0.2) is 0 Å². The monoisotopic (exact) mass is 639 g/mol. The van der Waals surface area contributed by atoms with Crippen LogP contribution in [-0.2, 0) is 32.6 Å². The lowest BCUT2D eigenvalue weighted by Crippen LogP contribution is -2.54. The number of nitrogens with one attached hydrogen (secondary N) is 1. The van der Waals surface area contributed by atoms with E-state index < -0.39 is 28.5 Å². The number of amides is 2. The van der Waals surface area contributed by atoms with Gasteiger partial charge >= 0.3 is 0 Å². The molecule has 46 heavy (non-hydrogen) atoms. The molecule has 0 radical (unpaired) electrons. The first-order valence-electron chi connectivity index (χ1n) is 15.7. The summed E-state index contributed by atoms with van der Waals surface area (Å²) in [4.78, 5) is 30.0. The van der Waals surface area contributed by atoms with Crippen LogP contribution in [0.1, 0.15) is 61.4 Å². The van der Waals surface area contributed by atoms with Crippen molar-refractivity contribution in [3.05, 3.63) is 131 Å². The van der Waals surface area contributed by atoms with Crippen molar-refractivity contribution in [2.24, 2.45) is 0 Å². The zero-order valence-electron chi connectivity index (χ0n) is 27.6. The Morgan fingerprint density at radius 3 is 1.83 bits per heavy atom. The third-order valence-electron chi connectivity index (χ3n) is 7.91. The van der Waals surface area contributed by atoms with Gasteiger partial charge in [-0.05, 0) is 74.6 Å². The lowest BCUT2D eigenvalue weighted by atomic mass is 10.0. The van der Waals surface area contributed by atoms with E-state index in [-0.39, 0.29) is 35.7 Å². The van der Waals surface area contributed by atoms with Crippen LogP contribution in [0.4, 0.5) is 5.69 Å². The molecule has 0 heterocycles. The van der Waals surface area contributed by atoms with Gasteiger partial charge < -0.3 is 10.2 Å². The van der Waals surface area contributed by atoms with Gasteiger partial charge in [0.1, 0.15) is 12.6 Å². The highest BCUT2D eigenvalue weighted by Gasteiger charge is 2.34. The molecule has 0 bridgehead atoms. The molecule has 0 fully saturated rings. The fourth-order valence-corrected chi connectivity index (χ4v) is 6.63. The summed E-state index contributed by atoms with van der Waals surface area (Å²) in [6.45, 7) is 11.4. The Balaban J connectivity index is 1.81. The second-order valence-corrected chi connectivity index (χ2v) is 14.3. The standard InChI is InChI=1S/C38H45N3O4S/c1-27(2)33-18-20-34(21-19-33)41(46(44,45)35-22-14-30(6)15-23-35)26-37(42)40(25-32-16-12-29(5)13-17-32)36(38(43)39-28(3)4)24-31-10-8-7-9-11-31/h7-23,27-28,36H,24-26H2,1-6H3,(H,39,43)/t36-/m1/s1. The summed E-state index contributed by atoms with van der Waals surface area (Å²) in [6, 6.07) is 30.2. The number of carbonyl (C=O) groups is 2. The van der Waals surface area contributed by atoms with Gasteiger partial charge in [-0.2, -0.15) is 0 Å². The summed E-state index contributed by atoms with van der Waals surface area (Å²) in [7, 11) is -4.15. The van der Waals surface area contributed by atoms with Crippen LogP contribution in [-0.4, -0.2) is 43.8 Å². The Kier molecular flexibility index (Phi) is 11.4. The largest absolute Gasteiger partial charge is 0.352 e. The molecule has 0 aliphatic heterocycles. The predicted molar refractivity (Wildman–Crippen MR) is 185 cm³/mol. The first kappa shape index (κ1) is 34.4. The Hall–Kier alpha value is -4.43. The summed E-state index contributed by atoms with van der Waals surface area (Å²) < 4.78 is 29.6. The topological polar surface area (TPSA) is 86.8 Å². The van der Waals surface area contributed by atoms with Crippen LogP contribution in [0.5, 0.6) is 0 Å². The summed E-state index contributed by atoms with van der Waals surface area (Å²) in [5.74, 6) is -0.529. The summed E-state index contributed by atoms with van der Waals surface area (Å²) >= 11 is 0. The van der Waals surface area contributed by atoms with Crippen molar-refractivity contribution in [1.29, 1.82) is 0 Å². The zero-order valence-corrected chi connectivity index (χ0v) is 28.4. The van der Waals surface area contributed by atoms with Gasteiger partial charge in [0.2, 0.25) is 11.8 Å². The van der Waals surface area contributed by atoms with E-state index in [1.807, 2.05) is 94.4 Å². The van der Waals surface area contributed by atoms with Gasteiger partial charge in [-0.25, -0.2) is 8.42 Å². The van der Waals surface area contributed by atoms with E-state index in [4.69, 9.17) is 0 Å². The van der Waals surface area contributed by atoms with Gasteiger partial charge in [0.05, 0.1) is 10.6 Å². The minimum Gasteiger partial charge on any atom is -0.352 e. The van der Waals surface area contributed by atoms with Gasteiger partial charge in [0, 0.05) is 19.0 Å². The maximum atomic E-state index is 14.6. The molecule has 0 aliphatic rings. The molecule has 0 aromatic heterocycles. The number of hydrogen-bond acceptors (Lipinski definition) is 4. The van der Waals surface area contributed by atoms with Crippen LogP contribution in [0, 0.1) is 13.8 Å². The van der Waals surface area contributed by atoms with Crippen molar-refractivity contribution in [2.75, 3.05) is 10.8 Å². The Morgan fingerprint density at radius 2 is 1.28 bits per heavy atom. The molecule has 0 unspecified atom stereocenters. The predicted octanol–water partition coefficient (Wildman–Crippen LogP) is 6.79. The molecule has 0 spiro atoms. The maximum Gasteiger partial charge on any atom is 0.264 e. The number of nitrogens with zero attached hydrogens (tertiary/aromatic N) is 2. The van der Waals surface area contributed by atoms with Gasteiger partial charge in [-0.1, -0.05) is 104 Å². The van der Waals surface area contributed by atoms with Crippen LogP contribution in [0.15, 0.2) is 108 Å². The molecule has 4 aromatic rings. The molecule has 0 saturated carbocycles. The Morgan fingerprint density at radius 1 is 0.717 bits per heavy atom. The molecule has 1 atom stereocenters. The van der Waals surface area contributed by atoms with Crippen LogP contribution >= 0.6 is 0 Å². The molecule has 4 rings (SSSR count). The zero-order chi connectivity index (χ0) is 33.4. The minimum absolute atomic E-state index is 0.0855. The van der Waals surface area contributed by atoms with E-state index in [0.29, 0.717) is 5.69 Å². The number of aryl methyl sites for hydroxylation is 2. The number of rotatable bonds is 13. The summed E-state index contributed by atoms with van der Waals surface area (Å²) in [6.07, 6.45) is 0.269. The van der Waals surface area contributed by atoms with Gasteiger partial charge in [-0.3, -0.25) is 13.9 Å². The second kappa shape index (κ2) is 15.2. The molecule has 2 amide bonds. The first-order chi connectivity index (χ1) is 21.8. The van der Waals surface area contributed by atoms with Crippen molar-refractivity contribution >= 4 is 27.5 Å². The highest BCUT2D eigenvalue weighted by Crippen LogP contribution is 2.27. The molecule has 0 aliphatic carbocycles. The lowest BCUT2D eigenvalue weighted by molar-refractivity contribution is -0.140. The Labute approximate surface area is 274 Å². The number of sulfonamides is 1. The molecule has 7 nitrogen and oxygen atoms in total. The van der Waals surface area contributed by atoms with E-state index in [0.717, 1.165) is 32.1 Å². The van der Waals surface area contributed by atoms with Crippen molar-refractivity contribution in [3.8, 4) is 0 Å². The number of benzene rings is 4. The SMILES string of the molecule is Cc1ccc(CN(C(=O)CN(c2ccc(C(C)C)cc2)S(=O)(=O)c2ccc(C)cc2)[C@H](Cc2ccccc2)C(=O)NC(C)C)cc1. The smallest absolute Gasteiger partial charge is 0.264 e. The fourth-order valence-electron chi connectivity index (χ4n) is 5.22. The number of carbonyl (C=O) groups excluding carboxylic acids is 2. The summed E-state index contributed by atoms with van der Waals surface area (Å²) in [5, 5.41) is 2.99. The number of hydrogen-bond donors (Lipinski definition) is 1. The van der Waals surface area contributed by atoms with Crippen molar-refractivity contribution in [3.63, 3.8) is 0 Å². The lowest BCUT2D eigenvalue weighted by Gasteiger charge is -2.34. The highest BCUT2D eigenvalue weighted by molar-refractivity contribution is 7.92. The number of anilines is 1. The van der Waals surface area contributed by atoms with Crippen molar-refractivity contribution in [1.82, 2.24) is 10.2 Å². The molecule has 242 valence electrons. The highest BCUT2D eigenvalue weighted by atomic mass is 32.2. The maximum absolute atomic E-state index is 14.6. The fraction of sp³-hybridized carbons (Fsp3) is 0.316. The van der Waals surface area contributed by atoms with Crippen LogP contribution in [0.2, 0.25) is 0 Å². The van der Waals surface area contributed by atoms with E-state index >= 15 is 0 Å². The molecule has 8 heteroatoms. The van der Waals surface area contributed by atoms with Crippen molar-refractivity contribution in [2.45, 2.75) is 77.4 Å². The van der Waals surface area contributed by atoms with Gasteiger partial charge in [-0.15, -0.1) is 0 Å². The first-order valence-corrected chi connectivity index (χ1v) is 17.2. The van der Waals surface area contributed by atoms with E-state index in [1.54, 1.807) is 36.4 Å². The van der Waals surface area contributed by atoms with Crippen LogP contribution in [0.25, 0.3) is 0 Å². The normalized spacial score (nSPS) is 12.2. The average Bonchev–Trinajstić information content (AvgIpc) is 3.02. The third kappa shape index (κ3) is 8.85. The quantitative estimate of drug-likeness (QED) is 0.175. The average molecular weight is 640 g/mol. The van der Waals surface area contributed by atoms with Gasteiger partial charge in [0.25, 0.3) is 10.0 Å². The Bertz CT molecular complexity index is 1700. The molecule has 0 saturated heterocycles. The van der Waals surface area contributed by atoms with E-state index in [2.05, 4.69) is 19.2 Å². The molecule has 4 aromatic carbocycles. The van der Waals surface area contributed by atoms with E-state index in [9.17, 15) is 18.0 Å². The molecular formula is C38H45N3O4S. The molecule has 1 N–H and O–H groups in total. The summed E-state index contributed by atoms with van der Waals surface area (Å²) in [5.41, 5.74) is 5.15. The van der Waals surface area contributed by atoms with E-state index in [1.165, 1.54) is 4.90 Å². The second-order valence-electron chi connectivity index (χ2n) is 12.4. The minimum atomic E-state index is -4.15. The van der Waals surface area contributed by atoms with Crippen LogP contribution < -0.4 is 9.62 Å².